The Kier molecular flexibility index (Phi) is 10.1. The van der Waals surface area contributed by atoms with Gasteiger partial charge < -0.3 is 29.2 Å². The summed E-state index contributed by atoms with van der Waals surface area (Å²) in [5.74, 6) is -0.153. The van der Waals surface area contributed by atoms with E-state index < -0.39 is 23.4 Å². The number of carbonyl (C=O) groups is 2. The lowest BCUT2D eigenvalue weighted by Gasteiger charge is -2.21. The maximum absolute atomic E-state index is 12.7. The van der Waals surface area contributed by atoms with Gasteiger partial charge in [0.25, 0.3) is 11.6 Å². The normalized spacial score (nSPS) is 10.4. The Bertz CT molecular complexity index is 1010. The van der Waals surface area contributed by atoms with Crippen LogP contribution in [0, 0.1) is 10.1 Å². The molecule has 0 saturated heterocycles. The van der Waals surface area contributed by atoms with Gasteiger partial charge >= 0.3 is 5.97 Å². The number of non-ortho nitro benzene ring substituents is 1. The van der Waals surface area contributed by atoms with Gasteiger partial charge in [-0.25, -0.2) is 4.79 Å². The number of likely N-dealkylation sites (N-methyl/N-ethyl adjacent to an activating group) is 1. The quantitative estimate of drug-likeness (QED) is 0.201. The monoisotopic (exact) mass is 475 g/mol. The summed E-state index contributed by atoms with van der Waals surface area (Å²) in [5.41, 5.74) is 0.848. The highest BCUT2D eigenvalue weighted by Gasteiger charge is 2.21. The van der Waals surface area contributed by atoms with Crippen LogP contribution in [-0.2, 0) is 20.8 Å². The molecule has 1 amide bonds. The van der Waals surface area contributed by atoms with Gasteiger partial charge in [-0.05, 0) is 30.7 Å². The Labute approximate surface area is 197 Å². The minimum atomic E-state index is -0.848. The third-order valence-corrected chi connectivity index (χ3v) is 4.94. The molecule has 11 nitrogen and oxygen atoms in total. The van der Waals surface area contributed by atoms with Gasteiger partial charge in [0.15, 0.2) is 18.1 Å². The Morgan fingerprint density at radius 2 is 1.79 bits per heavy atom. The number of ether oxygens (including phenoxy) is 4. The van der Waals surface area contributed by atoms with E-state index in [1.54, 1.807) is 19.1 Å². The number of benzene rings is 2. The summed E-state index contributed by atoms with van der Waals surface area (Å²) in [6, 6.07) is 9.13. The van der Waals surface area contributed by atoms with E-state index in [4.69, 9.17) is 18.9 Å². The van der Waals surface area contributed by atoms with Crippen LogP contribution in [0.4, 0.5) is 11.4 Å². The standard InChI is InChI=1S/C23H29N3O8/c1-5-25(14-16-6-9-20(32-3)21(12-16)33-4)22(27)15-34-23(28)18-13-17(26(29)30)7-8-19(18)24-10-11-31-2/h6-9,12-13,24H,5,10-11,14-15H2,1-4H3. The largest absolute Gasteiger partial charge is 0.493 e. The smallest absolute Gasteiger partial charge is 0.341 e. The first-order chi connectivity index (χ1) is 16.3. The predicted octanol–water partition coefficient (Wildman–Crippen LogP) is 2.88. The number of hydrogen-bond acceptors (Lipinski definition) is 9. The van der Waals surface area contributed by atoms with Crippen molar-refractivity contribution in [3.05, 3.63) is 57.6 Å². The molecule has 0 aliphatic carbocycles. The number of nitro benzene ring substituents is 1. The molecule has 0 saturated carbocycles. The molecule has 0 fully saturated rings. The van der Waals surface area contributed by atoms with Crippen molar-refractivity contribution in [1.82, 2.24) is 4.90 Å². The molecule has 0 aliphatic rings. The molecule has 0 radical (unpaired) electrons. The fourth-order valence-electron chi connectivity index (χ4n) is 3.13. The molecule has 0 aliphatic heterocycles. The number of hydrogen-bond donors (Lipinski definition) is 1. The number of methoxy groups -OCH3 is 3. The molecular weight excluding hydrogens is 446 g/mol. The molecule has 34 heavy (non-hydrogen) atoms. The van der Waals surface area contributed by atoms with Crippen LogP contribution in [0.1, 0.15) is 22.8 Å². The minimum Gasteiger partial charge on any atom is -0.493 e. The number of anilines is 1. The van der Waals surface area contributed by atoms with Gasteiger partial charge in [0.1, 0.15) is 0 Å². The van der Waals surface area contributed by atoms with E-state index in [2.05, 4.69) is 5.32 Å². The van der Waals surface area contributed by atoms with Crippen molar-refractivity contribution in [1.29, 1.82) is 0 Å². The summed E-state index contributed by atoms with van der Waals surface area (Å²) in [6.07, 6.45) is 0. The summed E-state index contributed by atoms with van der Waals surface area (Å²) in [6.45, 7) is 2.69. The van der Waals surface area contributed by atoms with Crippen LogP contribution in [-0.4, -0.2) is 69.3 Å². The number of nitro groups is 1. The average Bonchev–Trinajstić information content (AvgIpc) is 2.85. The third-order valence-electron chi connectivity index (χ3n) is 4.94. The fourth-order valence-corrected chi connectivity index (χ4v) is 3.13. The first-order valence-electron chi connectivity index (χ1n) is 10.5. The Balaban J connectivity index is 2.09. The molecular formula is C23H29N3O8. The first-order valence-corrected chi connectivity index (χ1v) is 10.5. The number of amides is 1. The molecule has 2 rings (SSSR count). The van der Waals surface area contributed by atoms with Crippen molar-refractivity contribution in [2.75, 3.05) is 52.9 Å². The van der Waals surface area contributed by atoms with Gasteiger partial charge in [0, 0.05) is 44.6 Å². The van der Waals surface area contributed by atoms with E-state index in [1.165, 1.54) is 38.4 Å². The summed E-state index contributed by atoms with van der Waals surface area (Å²) in [7, 11) is 4.59. The van der Waals surface area contributed by atoms with Crippen molar-refractivity contribution in [3.63, 3.8) is 0 Å². The Morgan fingerprint density at radius 1 is 1.06 bits per heavy atom. The van der Waals surface area contributed by atoms with Crippen molar-refractivity contribution in [2.45, 2.75) is 13.5 Å². The lowest BCUT2D eigenvalue weighted by Crippen LogP contribution is -2.34. The molecule has 1 N–H and O–H groups in total. The molecule has 2 aromatic rings. The van der Waals surface area contributed by atoms with Gasteiger partial charge in [-0.1, -0.05) is 6.07 Å². The van der Waals surface area contributed by atoms with Crippen molar-refractivity contribution < 1.29 is 33.5 Å². The van der Waals surface area contributed by atoms with Gasteiger partial charge in [-0.15, -0.1) is 0 Å². The predicted molar refractivity (Wildman–Crippen MR) is 124 cm³/mol. The van der Waals surface area contributed by atoms with E-state index in [0.29, 0.717) is 36.9 Å². The van der Waals surface area contributed by atoms with E-state index >= 15 is 0 Å². The topological polar surface area (TPSA) is 129 Å². The van der Waals surface area contributed by atoms with Gasteiger partial charge in [0.05, 0.1) is 31.3 Å². The van der Waals surface area contributed by atoms with Gasteiger partial charge in [0.2, 0.25) is 0 Å². The average molecular weight is 475 g/mol. The zero-order valence-corrected chi connectivity index (χ0v) is 19.7. The highest BCUT2D eigenvalue weighted by molar-refractivity contribution is 5.97. The van der Waals surface area contributed by atoms with Crippen LogP contribution in [0.15, 0.2) is 36.4 Å². The number of esters is 1. The van der Waals surface area contributed by atoms with E-state index in [9.17, 15) is 19.7 Å². The van der Waals surface area contributed by atoms with Crippen LogP contribution in [0.3, 0.4) is 0 Å². The molecule has 11 heteroatoms. The number of nitrogens with one attached hydrogen (secondary N) is 1. The van der Waals surface area contributed by atoms with Crippen LogP contribution >= 0.6 is 0 Å². The summed E-state index contributed by atoms with van der Waals surface area (Å²) in [4.78, 5) is 37.4. The SMILES string of the molecule is CCN(Cc1ccc(OC)c(OC)c1)C(=O)COC(=O)c1cc([N+](=O)[O-])ccc1NCCOC. The molecule has 2 aromatic carbocycles. The van der Waals surface area contributed by atoms with Crippen molar-refractivity contribution in [2.24, 2.45) is 0 Å². The Morgan fingerprint density at radius 3 is 2.41 bits per heavy atom. The van der Waals surface area contributed by atoms with Crippen LogP contribution in [0.2, 0.25) is 0 Å². The third kappa shape index (κ3) is 7.07. The summed E-state index contributed by atoms with van der Waals surface area (Å²) >= 11 is 0. The summed E-state index contributed by atoms with van der Waals surface area (Å²) in [5, 5.41) is 14.1. The number of rotatable bonds is 13. The molecule has 0 atom stereocenters. The molecule has 0 unspecified atom stereocenters. The summed E-state index contributed by atoms with van der Waals surface area (Å²) < 4.78 is 20.7. The molecule has 0 aromatic heterocycles. The second kappa shape index (κ2) is 13.0. The molecule has 0 heterocycles. The highest BCUT2D eigenvalue weighted by Crippen LogP contribution is 2.28. The second-order valence-electron chi connectivity index (χ2n) is 7.08. The lowest BCUT2D eigenvalue weighted by molar-refractivity contribution is -0.384. The second-order valence-corrected chi connectivity index (χ2v) is 7.08. The van der Waals surface area contributed by atoms with E-state index in [0.717, 1.165) is 11.6 Å². The molecule has 0 spiro atoms. The first kappa shape index (κ1) is 26.4. The lowest BCUT2D eigenvalue weighted by atomic mass is 10.1. The minimum absolute atomic E-state index is 0.0407. The van der Waals surface area contributed by atoms with E-state index in [1.807, 2.05) is 6.07 Å². The fraction of sp³-hybridized carbons (Fsp3) is 0.391. The van der Waals surface area contributed by atoms with Gasteiger partial charge in [-0.2, -0.15) is 0 Å². The number of nitrogens with zero attached hydrogens (tertiary/aromatic N) is 2. The zero-order valence-electron chi connectivity index (χ0n) is 19.7. The molecule has 0 bridgehead atoms. The zero-order chi connectivity index (χ0) is 25.1. The number of carbonyl (C=O) groups excluding carboxylic acids is 2. The Hall–Kier alpha value is -3.86. The van der Waals surface area contributed by atoms with Crippen LogP contribution < -0.4 is 14.8 Å². The maximum Gasteiger partial charge on any atom is 0.341 e. The highest BCUT2D eigenvalue weighted by atomic mass is 16.6. The van der Waals surface area contributed by atoms with Crippen LogP contribution in [0.25, 0.3) is 0 Å². The molecule has 184 valence electrons. The van der Waals surface area contributed by atoms with Crippen molar-refractivity contribution >= 4 is 23.3 Å². The van der Waals surface area contributed by atoms with Crippen LogP contribution in [0.5, 0.6) is 11.5 Å². The maximum atomic E-state index is 12.7. The van der Waals surface area contributed by atoms with Crippen molar-refractivity contribution in [3.8, 4) is 11.5 Å². The van der Waals surface area contributed by atoms with Gasteiger partial charge in [-0.3, -0.25) is 14.9 Å². The van der Waals surface area contributed by atoms with E-state index in [-0.39, 0.29) is 17.8 Å².